The van der Waals surface area contributed by atoms with Gasteiger partial charge in [-0.15, -0.1) is 0 Å². The molecule has 1 aliphatic carbocycles. The molecule has 0 aromatic heterocycles. The number of rotatable bonds is 7. The highest BCUT2D eigenvalue weighted by molar-refractivity contribution is 5.86. The molecule has 1 saturated carbocycles. The van der Waals surface area contributed by atoms with Crippen LogP contribution < -0.4 is 16.0 Å². The molecule has 5 nitrogen and oxygen atoms in total. The number of benzene rings is 2. The van der Waals surface area contributed by atoms with E-state index < -0.39 is 0 Å². The lowest BCUT2D eigenvalue weighted by Crippen LogP contribution is -2.41. The lowest BCUT2D eigenvalue weighted by Gasteiger charge is -2.12. The maximum Gasteiger partial charge on any atom is 0.223 e. The smallest absolute Gasteiger partial charge is 0.223 e. The maximum absolute atomic E-state index is 11.6. The van der Waals surface area contributed by atoms with Gasteiger partial charge < -0.3 is 16.0 Å². The number of guanidine groups is 1. The van der Waals surface area contributed by atoms with Crippen molar-refractivity contribution in [3.63, 3.8) is 0 Å². The van der Waals surface area contributed by atoms with Gasteiger partial charge >= 0.3 is 0 Å². The number of nitrogens with one attached hydrogen (secondary N) is 3. The van der Waals surface area contributed by atoms with Gasteiger partial charge in [0.25, 0.3) is 0 Å². The molecular weight excluding hydrogens is 312 g/mol. The van der Waals surface area contributed by atoms with E-state index >= 15 is 0 Å². The van der Waals surface area contributed by atoms with E-state index in [2.05, 4.69) is 63.4 Å². The third-order valence-corrected chi connectivity index (χ3v) is 4.30. The van der Waals surface area contributed by atoms with E-state index in [0.29, 0.717) is 19.6 Å². The van der Waals surface area contributed by atoms with Crippen molar-refractivity contribution in [2.75, 3.05) is 19.6 Å². The van der Waals surface area contributed by atoms with Crippen LogP contribution in [-0.4, -0.2) is 31.5 Å². The number of carbonyl (C=O) groups is 1. The Hall–Kier alpha value is -2.56. The van der Waals surface area contributed by atoms with Crippen LogP contribution in [0.3, 0.4) is 0 Å². The number of hydrogen-bond acceptors (Lipinski definition) is 2. The first-order valence-electron chi connectivity index (χ1n) is 9.04. The van der Waals surface area contributed by atoms with Crippen LogP contribution >= 0.6 is 0 Å². The Morgan fingerprint density at radius 1 is 1.04 bits per heavy atom. The van der Waals surface area contributed by atoms with Crippen LogP contribution in [0.1, 0.15) is 25.3 Å². The summed E-state index contributed by atoms with van der Waals surface area (Å²) in [6.07, 6.45) is 2.07. The quantitative estimate of drug-likeness (QED) is 0.413. The van der Waals surface area contributed by atoms with Crippen molar-refractivity contribution in [3.8, 4) is 0 Å². The molecule has 0 heterocycles. The molecule has 5 heteroatoms. The summed E-state index contributed by atoms with van der Waals surface area (Å²) < 4.78 is 0. The average molecular weight is 338 g/mol. The SMILES string of the molecule is CCNC(=NCc1cccc2ccccc12)NCCNC(=O)C1CC1. The van der Waals surface area contributed by atoms with Crippen LogP contribution in [0.15, 0.2) is 47.5 Å². The number of fused-ring (bicyclic) bond motifs is 1. The number of amides is 1. The minimum absolute atomic E-state index is 0.180. The van der Waals surface area contributed by atoms with E-state index in [1.54, 1.807) is 0 Å². The van der Waals surface area contributed by atoms with Gasteiger partial charge in [0.2, 0.25) is 5.91 Å². The lowest BCUT2D eigenvalue weighted by molar-refractivity contribution is -0.122. The summed E-state index contributed by atoms with van der Waals surface area (Å²) in [6.45, 7) is 4.75. The van der Waals surface area contributed by atoms with E-state index in [1.807, 2.05) is 6.92 Å². The van der Waals surface area contributed by atoms with Gasteiger partial charge in [-0.1, -0.05) is 42.5 Å². The Kier molecular flexibility index (Phi) is 5.88. The monoisotopic (exact) mass is 338 g/mol. The highest BCUT2D eigenvalue weighted by Crippen LogP contribution is 2.28. The molecule has 1 amide bonds. The van der Waals surface area contributed by atoms with Crippen molar-refractivity contribution in [3.05, 3.63) is 48.0 Å². The topological polar surface area (TPSA) is 65.5 Å². The zero-order chi connectivity index (χ0) is 17.5. The highest BCUT2D eigenvalue weighted by Gasteiger charge is 2.28. The molecule has 0 saturated heterocycles. The van der Waals surface area contributed by atoms with Crippen molar-refractivity contribution in [1.29, 1.82) is 0 Å². The van der Waals surface area contributed by atoms with Crippen molar-refractivity contribution in [1.82, 2.24) is 16.0 Å². The van der Waals surface area contributed by atoms with Crippen molar-refractivity contribution < 1.29 is 4.79 Å². The number of carbonyl (C=O) groups excluding carboxylic acids is 1. The Morgan fingerprint density at radius 2 is 1.80 bits per heavy atom. The molecule has 132 valence electrons. The van der Waals surface area contributed by atoms with E-state index in [4.69, 9.17) is 0 Å². The molecule has 0 atom stereocenters. The predicted octanol–water partition coefficient (Wildman–Crippen LogP) is 2.42. The van der Waals surface area contributed by atoms with Gasteiger partial charge in [0, 0.05) is 25.6 Å². The number of hydrogen-bond donors (Lipinski definition) is 3. The van der Waals surface area contributed by atoms with E-state index in [0.717, 1.165) is 25.3 Å². The molecule has 1 aliphatic rings. The Morgan fingerprint density at radius 3 is 2.60 bits per heavy atom. The molecule has 1 fully saturated rings. The maximum atomic E-state index is 11.6. The molecule has 25 heavy (non-hydrogen) atoms. The van der Waals surface area contributed by atoms with Crippen molar-refractivity contribution in [2.24, 2.45) is 10.9 Å². The predicted molar refractivity (Wildman–Crippen MR) is 103 cm³/mol. The first-order valence-corrected chi connectivity index (χ1v) is 9.04. The highest BCUT2D eigenvalue weighted by atomic mass is 16.2. The largest absolute Gasteiger partial charge is 0.357 e. The first kappa shape index (κ1) is 17.3. The van der Waals surface area contributed by atoms with E-state index in [1.165, 1.54) is 16.3 Å². The summed E-state index contributed by atoms with van der Waals surface area (Å²) in [6, 6.07) is 14.7. The fourth-order valence-electron chi connectivity index (χ4n) is 2.79. The molecule has 3 rings (SSSR count). The molecule has 0 bridgehead atoms. The molecule has 0 spiro atoms. The zero-order valence-electron chi connectivity index (χ0n) is 14.7. The van der Waals surface area contributed by atoms with E-state index in [-0.39, 0.29) is 11.8 Å². The minimum atomic E-state index is 0.180. The molecule has 0 aliphatic heterocycles. The molecule has 3 N–H and O–H groups in total. The van der Waals surface area contributed by atoms with Gasteiger partial charge in [0.1, 0.15) is 0 Å². The summed E-state index contributed by atoms with van der Waals surface area (Å²) in [5.74, 6) is 1.21. The number of aliphatic imine (C=N–C) groups is 1. The minimum Gasteiger partial charge on any atom is -0.357 e. The van der Waals surface area contributed by atoms with Crippen molar-refractivity contribution >= 4 is 22.6 Å². The normalized spacial score (nSPS) is 14.4. The molecule has 0 unspecified atom stereocenters. The van der Waals surface area contributed by atoms with Crippen LogP contribution in [0.5, 0.6) is 0 Å². The second-order valence-corrected chi connectivity index (χ2v) is 6.33. The Balaban J connectivity index is 1.56. The van der Waals surface area contributed by atoms with Gasteiger partial charge in [0.05, 0.1) is 6.54 Å². The average Bonchev–Trinajstić information content (AvgIpc) is 3.48. The molecule has 2 aromatic rings. The third-order valence-electron chi connectivity index (χ3n) is 4.30. The summed E-state index contributed by atoms with van der Waals surface area (Å²) in [7, 11) is 0. The molecule has 2 aromatic carbocycles. The van der Waals surface area contributed by atoms with Gasteiger partial charge in [-0.05, 0) is 36.1 Å². The van der Waals surface area contributed by atoms with Crippen LogP contribution in [0.2, 0.25) is 0 Å². The van der Waals surface area contributed by atoms with Crippen LogP contribution in [0.25, 0.3) is 10.8 Å². The Bertz CT molecular complexity index is 747. The van der Waals surface area contributed by atoms with Crippen molar-refractivity contribution in [2.45, 2.75) is 26.3 Å². The summed E-state index contributed by atoms with van der Waals surface area (Å²) in [5, 5.41) is 12.0. The van der Waals surface area contributed by atoms with Gasteiger partial charge in [0.15, 0.2) is 5.96 Å². The number of nitrogens with zero attached hydrogens (tertiary/aromatic N) is 1. The summed E-state index contributed by atoms with van der Waals surface area (Å²) in [5.41, 5.74) is 1.21. The third kappa shape index (κ3) is 4.95. The van der Waals surface area contributed by atoms with Gasteiger partial charge in [-0.25, -0.2) is 4.99 Å². The van der Waals surface area contributed by atoms with Crippen LogP contribution in [-0.2, 0) is 11.3 Å². The van der Waals surface area contributed by atoms with Crippen LogP contribution in [0, 0.1) is 5.92 Å². The molecular formula is C20H26N4O. The van der Waals surface area contributed by atoms with Gasteiger partial charge in [-0.2, -0.15) is 0 Å². The fourth-order valence-corrected chi connectivity index (χ4v) is 2.79. The lowest BCUT2D eigenvalue weighted by atomic mass is 10.1. The second kappa shape index (κ2) is 8.51. The molecule has 0 radical (unpaired) electrons. The standard InChI is InChI=1S/C20H26N4O/c1-2-21-20(23-13-12-22-19(25)16-10-11-16)24-14-17-8-5-7-15-6-3-4-9-18(15)17/h3-9,16H,2,10-14H2,1H3,(H,22,25)(H2,21,23,24). The first-order chi connectivity index (χ1) is 12.3. The van der Waals surface area contributed by atoms with Gasteiger partial charge in [-0.3, -0.25) is 4.79 Å². The van der Waals surface area contributed by atoms with E-state index in [9.17, 15) is 4.79 Å². The summed E-state index contributed by atoms with van der Waals surface area (Å²) in [4.78, 5) is 16.3. The Labute approximate surface area is 148 Å². The summed E-state index contributed by atoms with van der Waals surface area (Å²) >= 11 is 0. The second-order valence-electron chi connectivity index (χ2n) is 6.33. The van der Waals surface area contributed by atoms with Crippen LogP contribution in [0.4, 0.5) is 0 Å². The fraction of sp³-hybridized carbons (Fsp3) is 0.400. The zero-order valence-corrected chi connectivity index (χ0v) is 14.7.